The van der Waals surface area contributed by atoms with Gasteiger partial charge in [-0.25, -0.2) is 0 Å². The molecule has 0 saturated carbocycles. The van der Waals surface area contributed by atoms with E-state index in [-0.39, 0.29) is 30.9 Å². The fourth-order valence-electron chi connectivity index (χ4n) is 4.28. The van der Waals surface area contributed by atoms with Crippen LogP contribution in [0.4, 0.5) is 5.69 Å². The number of hydrogen-bond acceptors (Lipinski definition) is 5. The monoisotopic (exact) mass is 427 g/mol. The number of anilines is 1. The van der Waals surface area contributed by atoms with Gasteiger partial charge in [0.1, 0.15) is 12.5 Å². The number of ether oxygens (including phenoxy) is 3. The second-order valence-corrected chi connectivity index (χ2v) is 7.89. The molecule has 7 heteroatoms. The summed E-state index contributed by atoms with van der Waals surface area (Å²) >= 11 is 0. The van der Waals surface area contributed by atoms with Crippen molar-refractivity contribution in [3.63, 3.8) is 0 Å². The van der Waals surface area contributed by atoms with Gasteiger partial charge >= 0.3 is 5.97 Å². The van der Waals surface area contributed by atoms with E-state index >= 15 is 0 Å². The second-order valence-electron chi connectivity index (χ2n) is 7.89. The summed E-state index contributed by atoms with van der Waals surface area (Å²) in [4.78, 5) is 26.1. The largest absolute Gasteiger partial charge is 0.493 e. The lowest BCUT2D eigenvalue weighted by molar-refractivity contribution is -0.925. The molecule has 0 bridgehead atoms. The average molecular weight is 428 g/mol. The molecule has 0 fully saturated rings. The van der Waals surface area contributed by atoms with Crippen LogP contribution in [0.25, 0.3) is 0 Å². The number of quaternary nitrogens is 1. The van der Waals surface area contributed by atoms with Gasteiger partial charge in [0.15, 0.2) is 18.0 Å². The van der Waals surface area contributed by atoms with E-state index in [4.69, 9.17) is 14.2 Å². The Bertz CT molecular complexity index is 952. The van der Waals surface area contributed by atoms with E-state index in [1.165, 1.54) is 7.11 Å². The van der Waals surface area contributed by atoms with Crippen LogP contribution in [-0.4, -0.2) is 46.3 Å². The molecule has 1 amide bonds. The number of benzene rings is 2. The number of nitrogens with one attached hydrogen (secondary N) is 2. The molecule has 0 aromatic heterocycles. The van der Waals surface area contributed by atoms with Gasteiger partial charge in [-0.15, -0.1) is 0 Å². The van der Waals surface area contributed by atoms with E-state index < -0.39 is 0 Å². The summed E-state index contributed by atoms with van der Waals surface area (Å²) in [6.07, 6.45) is 0.963. The number of amides is 1. The Kier molecular flexibility index (Phi) is 7.17. The summed E-state index contributed by atoms with van der Waals surface area (Å²) in [5.41, 5.74) is 4.99. The molecule has 166 valence electrons. The first kappa shape index (κ1) is 22.6. The molecule has 2 aromatic rings. The SMILES string of the molecule is COC(=O)C[C@@H]1c2cc(OC)c(OC)cc2CC[NH+]1CC(=O)Nc1c(C)cccc1C. The van der Waals surface area contributed by atoms with Gasteiger partial charge in [-0.1, -0.05) is 18.2 Å². The molecule has 1 unspecified atom stereocenters. The lowest BCUT2D eigenvalue weighted by atomic mass is 9.90. The number of hydrogen-bond donors (Lipinski definition) is 2. The smallest absolute Gasteiger partial charge is 0.311 e. The van der Waals surface area contributed by atoms with Crippen molar-refractivity contribution >= 4 is 17.6 Å². The van der Waals surface area contributed by atoms with Crippen molar-refractivity contribution in [2.24, 2.45) is 0 Å². The van der Waals surface area contributed by atoms with Gasteiger partial charge in [0.05, 0.1) is 27.9 Å². The summed E-state index contributed by atoms with van der Waals surface area (Å²) in [6.45, 7) is 4.94. The van der Waals surface area contributed by atoms with Gasteiger partial charge in [0.25, 0.3) is 5.91 Å². The molecule has 2 atom stereocenters. The van der Waals surface area contributed by atoms with Crippen molar-refractivity contribution in [2.45, 2.75) is 32.7 Å². The highest BCUT2D eigenvalue weighted by Gasteiger charge is 2.35. The standard InChI is InChI=1S/C24H30N2O5/c1-15-7-6-8-16(2)24(15)25-22(27)14-26-10-9-17-11-20(29-3)21(30-4)12-18(17)19(26)13-23(28)31-5/h6-8,11-12,19H,9-10,13-14H2,1-5H3,(H,25,27)/p+1/t19-/m1/s1. The number of methoxy groups -OCH3 is 3. The van der Waals surface area contributed by atoms with Crippen LogP contribution < -0.4 is 19.7 Å². The van der Waals surface area contributed by atoms with Gasteiger partial charge in [0.2, 0.25) is 0 Å². The molecule has 1 heterocycles. The topological polar surface area (TPSA) is 78.3 Å². The number of para-hydroxylation sites is 1. The Labute approximate surface area is 183 Å². The van der Waals surface area contributed by atoms with Crippen LogP contribution in [-0.2, 0) is 20.7 Å². The minimum atomic E-state index is -0.305. The number of fused-ring (bicyclic) bond motifs is 1. The fourth-order valence-corrected chi connectivity index (χ4v) is 4.28. The Morgan fingerprint density at radius 2 is 1.71 bits per heavy atom. The highest BCUT2D eigenvalue weighted by Crippen LogP contribution is 2.35. The average Bonchev–Trinajstić information content (AvgIpc) is 2.76. The van der Waals surface area contributed by atoms with Crippen molar-refractivity contribution in [3.8, 4) is 11.5 Å². The molecule has 0 radical (unpaired) electrons. The summed E-state index contributed by atoms with van der Waals surface area (Å²) in [6, 6.07) is 9.61. The molecule has 0 spiro atoms. The number of carbonyl (C=O) groups is 2. The molecule has 2 N–H and O–H groups in total. The fraction of sp³-hybridized carbons (Fsp3) is 0.417. The first-order chi connectivity index (χ1) is 14.9. The van der Waals surface area contributed by atoms with Gasteiger partial charge in [-0.3, -0.25) is 9.59 Å². The Morgan fingerprint density at radius 1 is 1.06 bits per heavy atom. The molecule has 2 aromatic carbocycles. The van der Waals surface area contributed by atoms with E-state index in [2.05, 4.69) is 5.32 Å². The minimum absolute atomic E-state index is 0.0776. The predicted octanol–water partition coefficient (Wildman–Crippen LogP) is 2.00. The number of rotatable bonds is 7. The van der Waals surface area contributed by atoms with Crippen LogP contribution >= 0.6 is 0 Å². The third kappa shape index (κ3) is 4.99. The molecule has 0 saturated heterocycles. The van der Waals surface area contributed by atoms with Crippen LogP contribution in [0.15, 0.2) is 30.3 Å². The molecule has 31 heavy (non-hydrogen) atoms. The number of aryl methyl sites for hydroxylation is 2. The second kappa shape index (κ2) is 9.83. The molecule has 1 aliphatic heterocycles. The van der Waals surface area contributed by atoms with Gasteiger partial charge in [-0.2, -0.15) is 0 Å². The van der Waals surface area contributed by atoms with E-state index in [0.717, 1.165) is 45.8 Å². The zero-order valence-electron chi connectivity index (χ0n) is 18.8. The summed E-state index contributed by atoms with van der Waals surface area (Å²) < 4.78 is 15.8. The Balaban J connectivity index is 1.87. The maximum atomic E-state index is 12.9. The van der Waals surface area contributed by atoms with Crippen molar-refractivity contribution < 1.29 is 28.7 Å². The molecule has 1 aliphatic rings. The minimum Gasteiger partial charge on any atom is -0.493 e. The van der Waals surface area contributed by atoms with Crippen molar-refractivity contribution in [1.29, 1.82) is 0 Å². The molecule has 3 rings (SSSR count). The van der Waals surface area contributed by atoms with Crippen LogP contribution in [0.3, 0.4) is 0 Å². The quantitative estimate of drug-likeness (QED) is 0.661. The van der Waals surface area contributed by atoms with Crippen LogP contribution in [0, 0.1) is 13.8 Å². The lowest BCUT2D eigenvalue weighted by Crippen LogP contribution is -3.14. The molecular formula is C24H31N2O5+. The summed E-state index contributed by atoms with van der Waals surface area (Å²) in [5.74, 6) is 0.887. The molecular weight excluding hydrogens is 396 g/mol. The predicted molar refractivity (Wildman–Crippen MR) is 118 cm³/mol. The maximum absolute atomic E-state index is 12.9. The highest BCUT2D eigenvalue weighted by molar-refractivity contribution is 5.93. The zero-order valence-corrected chi connectivity index (χ0v) is 18.8. The number of esters is 1. The molecule has 7 nitrogen and oxygen atoms in total. The maximum Gasteiger partial charge on any atom is 0.311 e. The van der Waals surface area contributed by atoms with Gasteiger partial charge in [0, 0.05) is 17.7 Å². The highest BCUT2D eigenvalue weighted by atomic mass is 16.5. The third-order valence-corrected chi connectivity index (χ3v) is 5.96. The van der Waals surface area contributed by atoms with Crippen molar-refractivity contribution in [1.82, 2.24) is 0 Å². The Morgan fingerprint density at radius 3 is 2.32 bits per heavy atom. The van der Waals surface area contributed by atoms with Crippen molar-refractivity contribution in [3.05, 3.63) is 52.6 Å². The Hall–Kier alpha value is -3.06. The van der Waals surface area contributed by atoms with Crippen molar-refractivity contribution in [2.75, 3.05) is 39.7 Å². The van der Waals surface area contributed by atoms with Crippen LogP contribution in [0.1, 0.15) is 34.7 Å². The summed E-state index contributed by atoms with van der Waals surface area (Å²) in [5, 5.41) is 3.06. The summed E-state index contributed by atoms with van der Waals surface area (Å²) in [7, 11) is 4.58. The number of carbonyl (C=O) groups excluding carboxylic acids is 2. The van der Waals surface area contributed by atoms with E-state index in [1.807, 2.05) is 44.2 Å². The van der Waals surface area contributed by atoms with Gasteiger partial charge in [-0.05, 0) is 42.7 Å². The van der Waals surface area contributed by atoms with Crippen LogP contribution in [0.2, 0.25) is 0 Å². The zero-order chi connectivity index (χ0) is 22.5. The first-order valence-electron chi connectivity index (χ1n) is 10.4. The first-order valence-corrected chi connectivity index (χ1v) is 10.4. The van der Waals surface area contributed by atoms with E-state index in [1.54, 1.807) is 14.2 Å². The normalized spacial score (nSPS) is 17.5. The van der Waals surface area contributed by atoms with E-state index in [0.29, 0.717) is 11.5 Å². The molecule has 0 aliphatic carbocycles. The van der Waals surface area contributed by atoms with Gasteiger partial charge < -0.3 is 24.4 Å². The lowest BCUT2D eigenvalue weighted by Gasteiger charge is -2.34. The van der Waals surface area contributed by atoms with Crippen LogP contribution in [0.5, 0.6) is 11.5 Å². The third-order valence-electron chi connectivity index (χ3n) is 5.96. The van der Waals surface area contributed by atoms with E-state index in [9.17, 15) is 9.59 Å².